The molecule has 1 atom stereocenters. The lowest BCUT2D eigenvalue weighted by Gasteiger charge is -2.13. The summed E-state index contributed by atoms with van der Waals surface area (Å²) in [6.45, 7) is 4.61. The maximum absolute atomic E-state index is 11.1. The van der Waals surface area contributed by atoms with Gasteiger partial charge in [-0.3, -0.25) is 4.79 Å². The maximum atomic E-state index is 11.1. The van der Waals surface area contributed by atoms with Gasteiger partial charge in [0.25, 0.3) is 0 Å². The normalized spacial score (nSPS) is 23.0. The average Bonchev–Trinajstić information content (AvgIpc) is 2.62. The number of rotatable bonds is 3. The lowest BCUT2D eigenvalue weighted by molar-refractivity contribution is -0.145. The molecule has 0 saturated carbocycles. The van der Waals surface area contributed by atoms with Crippen molar-refractivity contribution in [3.8, 4) is 0 Å². The number of hydrogen-bond acceptors (Lipinski definition) is 3. The van der Waals surface area contributed by atoms with Crippen LogP contribution in [-0.2, 0) is 14.3 Å². The van der Waals surface area contributed by atoms with Gasteiger partial charge in [0.2, 0.25) is 0 Å². The third-order valence-corrected chi connectivity index (χ3v) is 1.61. The van der Waals surface area contributed by atoms with Gasteiger partial charge in [-0.1, -0.05) is 15.9 Å². The van der Waals surface area contributed by atoms with E-state index in [1.54, 1.807) is 13.8 Å². The first-order chi connectivity index (χ1) is 5.00. The number of halogens is 1. The van der Waals surface area contributed by atoms with Crippen LogP contribution in [0.15, 0.2) is 0 Å². The van der Waals surface area contributed by atoms with Gasteiger partial charge < -0.3 is 9.47 Å². The smallest absolute Gasteiger partial charge is 0.322 e. The second-order valence-corrected chi connectivity index (χ2v) is 5.01. The summed E-state index contributed by atoms with van der Waals surface area (Å²) in [5, 5.41) is 0. The highest BCUT2D eigenvalue weighted by atomic mass is 79.9. The molecule has 1 unspecified atom stereocenters. The molecule has 64 valence electrons. The Kier molecular flexibility index (Phi) is 2.54. The van der Waals surface area contributed by atoms with Gasteiger partial charge in [-0.05, 0) is 13.8 Å². The van der Waals surface area contributed by atoms with E-state index in [0.717, 1.165) is 6.61 Å². The molecular formula is C7H11BrO3. The number of ether oxygens (including phenoxy) is 2. The van der Waals surface area contributed by atoms with Crippen molar-refractivity contribution in [2.75, 3.05) is 13.2 Å². The summed E-state index contributed by atoms with van der Waals surface area (Å²) in [5.74, 6) is -0.243. The fourth-order valence-corrected chi connectivity index (χ4v) is 0.619. The molecule has 4 heteroatoms. The van der Waals surface area contributed by atoms with Crippen molar-refractivity contribution in [3.05, 3.63) is 0 Å². The van der Waals surface area contributed by atoms with Crippen LogP contribution < -0.4 is 0 Å². The highest BCUT2D eigenvalue weighted by Crippen LogP contribution is 2.18. The molecule has 0 spiro atoms. The minimum Gasteiger partial charge on any atom is -0.462 e. The molecule has 0 radical (unpaired) electrons. The molecule has 0 aromatic heterocycles. The molecule has 1 rings (SSSR count). The Bertz CT molecular complexity index is 158. The van der Waals surface area contributed by atoms with Crippen LogP contribution in [0.2, 0.25) is 0 Å². The molecule has 11 heavy (non-hydrogen) atoms. The quantitative estimate of drug-likeness (QED) is 0.408. The summed E-state index contributed by atoms with van der Waals surface area (Å²) < 4.78 is 9.22. The number of esters is 1. The monoisotopic (exact) mass is 222 g/mol. The summed E-state index contributed by atoms with van der Waals surface area (Å²) in [6.07, 6.45) is 0.147. The van der Waals surface area contributed by atoms with Gasteiger partial charge in [-0.2, -0.15) is 0 Å². The molecule has 0 aromatic rings. The zero-order valence-electron chi connectivity index (χ0n) is 6.59. The third kappa shape index (κ3) is 3.20. The van der Waals surface area contributed by atoms with Crippen LogP contribution in [0.25, 0.3) is 0 Å². The van der Waals surface area contributed by atoms with Crippen molar-refractivity contribution in [1.82, 2.24) is 0 Å². The average molecular weight is 223 g/mol. The van der Waals surface area contributed by atoms with E-state index in [0.29, 0.717) is 6.61 Å². The van der Waals surface area contributed by atoms with Gasteiger partial charge in [0.15, 0.2) is 0 Å². The van der Waals surface area contributed by atoms with E-state index < -0.39 is 4.32 Å². The molecule has 1 fully saturated rings. The van der Waals surface area contributed by atoms with E-state index in [9.17, 15) is 4.79 Å². The lowest BCUT2D eigenvalue weighted by Crippen LogP contribution is -2.27. The predicted octanol–water partition coefficient (Wildman–Crippen LogP) is 1.10. The molecule has 1 aliphatic rings. The molecule has 3 nitrogen and oxygen atoms in total. The SMILES string of the molecule is CC(C)(Br)C(=O)OCC1CO1. The highest BCUT2D eigenvalue weighted by molar-refractivity contribution is 9.10. The van der Waals surface area contributed by atoms with Crippen LogP contribution in [-0.4, -0.2) is 29.6 Å². The largest absolute Gasteiger partial charge is 0.462 e. The van der Waals surface area contributed by atoms with Crippen molar-refractivity contribution >= 4 is 21.9 Å². The van der Waals surface area contributed by atoms with Crippen molar-refractivity contribution in [1.29, 1.82) is 0 Å². The van der Waals surface area contributed by atoms with Crippen molar-refractivity contribution in [2.24, 2.45) is 0 Å². The summed E-state index contributed by atoms with van der Waals surface area (Å²) >= 11 is 3.20. The predicted molar refractivity (Wildman–Crippen MR) is 43.7 cm³/mol. The van der Waals surface area contributed by atoms with Crippen LogP contribution in [0.3, 0.4) is 0 Å². The lowest BCUT2D eigenvalue weighted by atomic mass is 10.2. The van der Waals surface area contributed by atoms with Gasteiger partial charge in [0.05, 0.1) is 6.61 Å². The Balaban J connectivity index is 2.19. The van der Waals surface area contributed by atoms with Crippen LogP contribution in [0.1, 0.15) is 13.8 Å². The van der Waals surface area contributed by atoms with Crippen LogP contribution in [0, 0.1) is 0 Å². The van der Waals surface area contributed by atoms with Gasteiger partial charge >= 0.3 is 5.97 Å². The first kappa shape index (κ1) is 9.00. The zero-order valence-corrected chi connectivity index (χ0v) is 8.18. The molecule has 0 N–H and O–H groups in total. The van der Waals surface area contributed by atoms with E-state index in [-0.39, 0.29) is 12.1 Å². The number of hydrogen-bond donors (Lipinski definition) is 0. The molecule has 0 aliphatic carbocycles. The molecule has 1 aliphatic heterocycles. The van der Waals surface area contributed by atoms with Gasteiger partial charge in [0.1, 0.15) is 17.0 Å². The van der Waals surface area contributed by atoms with Crippen LogP contribution >= 0.6 is 15.9 Å². The number of carbonyl (C=O) groups is 1. The first-order valence-corrected chi connectivity index (χ1v) is 4.27. The van der Waals surface area contributed by atoms with Gasteiger partial charge in [-0.25, -0.2) is 0 Å². The highest BCUT2D eigenvalue weighted by Gasteiger charge is 2.29. The van der Waals surface area contributed by atoms with Crippen molar-refractivity contribution in [3.63, 3.8) is 0 Å². The summed E-state index contributed by atoms with van der Waals surface area (Å²) in [4.78, 5) is 11.1. The summed E-state index contributed by atoms with van der Waals surface area (Å²) in [6, 6.07) is 0. The van der Waals surface area contributed by atoms with E-state index in [1.165, 1.54) is 0 Å². The number of epoxide rings is 1. The Morgan fingerprint density at radius 1 is 1.82 bits per heavy atom. The first-order valence-electron chi connectivity index (χ1n) is 3.48. The molecule has 0 bridgehead atoms. The van der Waals surface area contributed by atoms with Gasteiger partial charge in [-0.15, -0.1) is 0 Å². The molecule has 1 heterocycles. The summed E-state index contributed by atoms with van der Waals surface area (Å²) in [7, 11) is 0. The Labute approximate surface area is 74.2 Å². The minimum atomic E-state index is -0.581. The minimum absolute atomic E-state index is 0.147. The second kappa shape index (κ2) is 3.11. The van der Waals surface area contributed by atoms with Crippen LogP contribution in [0.5, 0.6) is 0 Å². The fraction of sp³-hybridized carbons (Fsp3) is 0.857. The van der Waals surface area contributed by atoms with E-state index >= 15 is 0 Å². The Hall–Kier alpha value is -0.0900. The standard InChI is InChI=1S/C7H11BrO3/c1-7(2,8)6(9)11-4-5-3-10-5/h5H,3-4H2,1-2H3. The van der Waals surface area contributed by atoms with Gasteiger partial charge in [0, 0.05) is 0 Å². The maximum Gasteiger partial charge on any atom is 0.322 e. The van der Waals surface area contributed by atoms with E-state index in [1.807, 2.05) is 0 Å². The second-order valence-electron chi connectivity index (χ2n) is 3.03. The Morgan fingerprint density at radius 3 is 2.73 bits per heavy atom. The van der Waals surface area contributed by atoms with Crippen molar-refractivity contribution in [2.45, 2.75) is 24.3 Å². The van der Waals surface area contributed by atoms with Crippen molar-refractivity contribution < 1.29 is 14.3 Å². The zero-order chi connectivity index (χ0) is 8.48. The molecular weight excluding hydrogens is 212 g/mol. The topological polar surface area (TPSA) is 38.8 Å². The Morgan fingerprint density at radius 2 is 2.36 bits per heavy atom. The fourth-order valence-electron chi connectivity index (χ4n) is 0.505. The number of carbonyl (C=O) groups excluding carboxylic acids is 1. The van der Waals surface area contributed by atoms with E-state index in [2.05, 4.69) is 15.9 Å². The number of alkyl halides is 1. The molecule has 1 saturated heterocycles. The molecule has 0 aromatic carbocycles. The van der Waals surface area contributed by atoms with E-state index in [4.69, 9.17) is 9.47 Å². The molecule has 0 amide bonds. The third-order valence-electron chi connectivity index (χ3n) is 1.29. The van der Waals surface area contributed by atoms with Crippen LogP contribution in [0.4, 0.5) is 0 Å². The summed E-state index contributed by atoms with van der Waals surface area (Å²) in [5.41, 5.74) is 0.